The molecule has 29 heavy (non-hydrogen) atoms. The van der Waals surface area contributed by atoms with Gasteiger partial charge in [-0.1, -0.05) is 32.9 Å². The molecule has 0 radical (unpaired) electrons. The zero-order valence-electron chi connectivity index (χ0n) is 16.4. The number of ether oxygens (including phenoxy) is 1. The van der Waals surface area contributed by atoms with Crippen LogP contribution in [0.15, 0.2) is 53.3 Å². The molecular formula is C21H20N6O2. The number of rotatable bonds is 4. The van der Waals surface area contributed by atoms with Crippen LogP contribution in [0.3, 0.4) is 0 Å². The van der Waals surface area contributed by atoms with Gasteiger partial charge in [0.2, 0.25) is 5.82 Å². The molecule has 0 aliphatic rings. The minimum Gasteiger partial charge on any atom is -0.486 e. The van der Waals surface area contributed by atoms with Crippen LogP contribution in [0.25, 0.3) is 28.3 Å². The molecule has 0 fully saturated rings. The van der Waals surface area contributed by atoms with Crippen molar-refractivity contribution in [3.05, 3.63) is 60.2 Å². The van der Waals surface area contributed by atoms with Gasteiger partial charge in [-0.15, -0.1) is 5.10 Å². The van der Waals surface area contributed by atoms with Gasteiger partial charge in [0.15, 0.2) is 17.1 Å². The van der Waals surface area contributed by atoms with E-state index in [-0.39, 0.29) is 5.41 Å². The van der Waals surface area contributed by atoms with Gasteiger partial charge in [0.1, 0.15) is 24.4 Å². The summed E-state index contributed by atoms with van der Waals surface area (Å²) in [7, 11) is 0. The molecule has 1 aromatic carbocycles. The fourth-order valence-corrected chi connectivity index (χ4v) is 3.13. The van der Waals surface area contributed by atoms with Gasteiger partial charge in [-0.05, 0) is 35.2 Å². The molecule has 8 nitrogen and oxygen atoms in total. The SMILES string of the molecule is CC(C)(C)c1ccc(OCc2ccc(-c3nc4c5cn[nH]c5ncn4n3)o2)cc1. The number of hydrogen-bond acceptors (Lipinski definition) is 6. The number of furan rings is 1. The molecule has 0 saturated carbocycles. The Balaban J connectivity index is 1.33. The molecule has 0 spiro atoms. The molecule has 5 rings (SSSR count). The standard InChI is InChI=1S/C21H20N6O2/c1-21(2,3)13-4-6-14(7-5-13)28-11-15-8-9-17(29-15)19-24-20-16-10-23-25-18(16)22-12-27(20)26-19/h4-10,12H,11H2,1-3H3,(H,23,25). The van der Waals surface area contributed by atoms with Gasteiger partial charge >= 0.3 is 0 Å². The predicted octanol–water partition coefficient (Wildman–Crippen LogP) is 4.14. The van der Waals surface area contributed by atoms with E-state index in [4.69, 9.17) is 9.15 Å². The number of aromatic amines is 1. The number of benzene rings is 1. The molecule has 0 amide bonds. The molecule has 4 aromatic heterocycles. The van der Waals surface area contributed by atoms with Crippen molar-refractivity contribution in [2.24, 2.45) is 0 Å². The quantitative estimate of drug-likeness (QED) is 0.497. The fraction of sp³-hybridized carbons (Fsp3) is 0.238. The number of nitrogens with zero attached hydrogens (tertiary/aromatic N) is 5. The molecule has 1 N–H and O–H groups in total. The summed E-state index contributed by atoms with van der Waals surface area (Å²) in [4.78, 5) is 8.82. The lowest BCUT2D eigenvalue weighted by Crippen LogP contribution is -2.10. The molecule has 0 atom stereocenters. The second-order valence-corrected chi connectivity index (χ2v) is 7.91. The Kier molecular flexibility index (Phi) is 3.87. The van der Waals surface area contributed by atoms with Crippen LogP contribution in [0.4, 0.5) is 0 Å². The topological polar surface area (TPSA) is 94.1 Å². The Bertz CT molecular complexity index is 1290. The van der Waals surface area contributed by atoms with E-state index in [1.165, 1.54) is 5.56 Å². The Morgan fingerprint density at radius 3 is 2.72 bits per heavy atom. The third kappa shape index (κ3) is 3.22. The van der Waals surface area contributed by atoms with Crippen molar-refractivity contribution in [3.63, 3.8) is 0 Å². The summed E-state index contributed by atoms with van der Waals surface area (Å²) >= 11 is 0. The van der Waals surface area contributed by atoms with Gasteiger partial charge in [0.25, 0.3) is 0 Å². The Labute approximate surface area is 166 Å². The van der Waals surface area contributed by atoms with Gasteiger partial charge in [0, 0.05) is 0 Å². The van der Waals surface area contributed by atoms with Gasteiger partial charge in [-0.2, -0.15) is 5.10 Å². The summed E-state index contributed by atoms with van der Waals surface area (Å²) in [5.74, 6) is 2.56. The molecule has 0 aliphatic heterocycles. The number of nitrogens with one attached hydrogen (secondary N) is 1. The van der Waals surface area contributed by atoms with Gasteiger partial charge in [-0.25, -0.2) is 14.5 Å². The van der Waals surface area contributed by atoms with Gasteiger partial charge in [0.05, 0.1) is 11.6 Å². The van der Waals surface area contributed by atoms with Crippen LogP contribution in [-0.4, -0.2) is 29.8 Å². The molecular weight excluding hydrogens is 368 g/mol. The van der Waals surface area contributed by atoms with Crippen LogP contribution >= 0.6 is 0 Å². The van der Waals surface area contributed by atoms with Crippen molar-refractivity contribution in [2.45, 2.75) is 32.8 Å². The summed E-state index contributed by atoms with van der Waals surface area (Å²) in [6.07, 6.45) is 3.28. The molecule has 5 aromatic rings. The first-order chi connectivity index (χ1) is 14.0. The first-order valence-corrected chi connectivity index (χ1v) is 9.34. The second kappa shape index (κ2) is 6.44. The highest BCUT2D eigenvalue weighted by molar-refractivity contribution is 5.88. The van der Waals surface area contributed by atoms with E-state index in [0.29, 0.717) is 35.2 Å². The summed E-state index contributed by atoms with van der Waals surface area (Å²) in [6.45, 7) is 6.90. The van der Waals surface area contributed by atoms with Crippen LogP contribution in [0.5, 0.6) is 5.75 Å². The molecule has 0 bridgehead atoms. The van der Waals surface area contributed by atoms with Gasteiger partial charge < -0.3 is 9.15 Å². The van der Waals surface area contributed by atoms with E-state index in [0.717, 1.165) is 11.1 Å². The number of H-pyrrole nitrogens is 1. The maximum absolute atomic E-state index is 5.89. The summed E-state index contributed by atoms with van der Waals surface area (Å²) in [5.41, 5.74) is 2.73. The lowest BCUT2D eigenvalue weighted by molar-refractivity contribution is 0.271. The molecule has 4 heterocycles. The van der Waals surface area contributed by atoms with Crippen LogP contribution < -0.4 is 4.74 Å². The highest BCUT2D eigenvalue weighted by Gasteiger charge is 2.15. The normalized spacial score (nSPS) is 12.1. The summed E-state index contributed by atoms with van der Waals surface area (Å²) in [6, 6.07) is 11.9. The van der Waals surface area contributed by atoms with Crippen molar-refractivity contribution >= 4 is 16.7 Å². The number of aromatic nitrogens is 6. The zero-order valence-corrected chi connectivity index (χ0v) is 16.4. The van der Waals surface area contributed by atoms with Crippen molar-refractivity contribution in [3.8, 4) is 17.3 Å². The fourth-order valence-electron chi connectivity index (χ4n) is 3.13. The minimum atomic E-state index is 0.118. The second-order valence-electron chi connectivity index (χ2n) is 7.91. The average Bonchev–Trinajstić information content (AvgIpc) is 3.43. The predicted molar refractivity (Wildman–Crippen MR) is 108 cm³/mol. The molecule has 0 saturated heterocycles. The third-order valence-electron chi connectivity index (χ3n) is 4.77. The Morgan fingerprint density at radius 2 is 1.93 bits per heavy atom. The highest BCUT2D eigenvalue weighted by atomic mass is 16.5. The maximum atomic E-state index is 5.89. The van der Waals surface area contributed by atoms with Crippen molar-refractivity contribution in [2.75, 3.05) is 0 Å². The van der Waals surface area contributed by atoms with Crippen molar-refractivity contribution in [1.29, 1.82) is 0 Å². The Hall–Kier alpha value is -3.68. The molecule has 8 heteroatoms. The van der Waals surface area contributed by atoms with Crippen LogP contribution in [0, 0.1) is 0 Å². The van der Waals surface area contributed by atoms with E-state index < -0.39 is 0 Å². The van der Waals surface area contributed by atoms with E-state index in [1.807, 2.05) is 24.3 Å². The first kappa shape index (κ1) is 17.4. The van der Waals surface area contributed by atoms with Crippen molar-refractivity contribution < 1.29 is 9.15 Å². The number of hydrogen-bond donors (Lipinski definition) is 1. The monoisotopic (exact) mass is 388 g/mol. The van der Waals surface area contributed by atoms with Crippen LogP contribution in [0.1, 0.15) is 32.1 Å². The van der Waals surface area contributed by atoms with E-state index in [2.05, 4.69) is 58.2 Å². The minimum absolute atomic E-state index is 0.118. The molecule has 0 unspecified atom stereocenters. The van der Waals surface area contributed by atoms with E-state index in [9.17, 15) is 0 Å². The maximum Gasteiger partial charge on any atom is 0.217 e. The lowest BCUT2D eigenvalue weighted by atomic mass is 9.87. The molecule has 146 valence electrons. The number of fused-ring (bicyclic) bond motifs is 3. The Morgan fingerprint density at radius 1 is 1.10 bits per heavy atom. The summed E-state index contributed by atoms with van der Waals surface area (Å²) < 4.78 is 13.4. The smallest absolute Gasteiger partial charge is 0.217 e. The average molecular weight is 388 g/mol. The van der Waals surface area contributed by atoms with Crippen molar-refractivity contribution in [1.82, 2.24) is 29.8 Å². The van der Waals surface area contributed by atoms with E-state index in [1.54, 1.807) is 17.0 Å². The largest absolute Gasteiger partial charge is 0.486 e. The first-order valence-electron chi connectivity index (χ1n) is 9.34. The molecule has 0 aliphatic carbocycles. The highest BCUT2D eigenvalue weighted by Crippen LogP contribution is 2.26. The van der Waals surface area contributed by atoms with Crippen LogP contribution in [0.2, 0.25) is 0 Å². The summed E-state index contributed by atoms with van der Waals surface area (Å²) in [5, 5.41) is 12.1. The lowest BCUT2D eigenvalue weighted by Gasteiger charge is -2.19. The third-order valence-corrected chi connectivity index (χ3v) is 4.77. The van der Waals surface area contributed by atoms with E-state index >= 15 is 0 Å². The van der Waals surface area contributed by atoms with Gasteiger partial charge in [-0.3, -0.25) is 5.10 Å². The zero-order chi connectivity index (χ0) is 20.0. The van der Waals surface area contributed by atoms with Crippen LogP contribution in [-0.2, 0) is 12.0 Å².